The smallest absolute Gasteiger partial charge is 0.157 e. The molecule has 1 aromatic rings. The number of nitrogens with one attached hydrogen (secondary N) is 1. The van der Waals surface area contributed by atoms with Crippen LogP contribution in [-0.2, 0) is 0 Å². The van der Waals surface area contributed by atoms with Gasteiger partial charge in [-0.1, -0.05) is 45.3 Å². The summed E-state index contributed by atoms with van der Waals surface area (Å²) in [4.78, 5) is 0. The van der Waals surface area contributed by atoms with E-state index in [4.69, 9.17) is 12.2 Å². The van der Waals surface area contributed by atoms with Crippen molar-refractivity contribution in [3.8, 4) is 0 Å². The summed E-state index contributed by atoms with van der Waals surface area (Å²) in [5, 5.41) is 3.91. The van der Waals surface area contributed by atoms with Crippen molar-refractivity contribution in [1.82, 2.24) is 4.23 Å². The molecule has 0 spiro atoms. The summed E-state index contributed by atoms with van der Waals surface area (Å²) in [7, 11) is -3.11. The van der Waals surface area contributed by atoms with Gasteiger partial charge in [-0.25, -0.2) is 4.39 Å². The maximum absolute atomic E-state index is 13.2. The molecule has 0 aliphatic heterocycles. The summed E-state index contributed by atoms with van der Waals surface area (Å²) in [5.74, 6) is -0.250. The number of hydrogen-bond donors (Lipinski definition) is 1. The van der Waals surface area contributed by atoms with E-state index in [0.717, 1.165) is 5.11 Å². The lowest BCUT2D eigenvalue weighted by molar-refractivity contribution is 0.628. The zero-order chi connectivity index (χ0) is 14.8. The van der Waals surface area contributed by atoms with Crippen molar-refractivity contribution in [2.24, 2.45) is 0 Å². The van der Waals surface area contributed by atoms with E-state index in [1.807, 2.05) is 6.07 Å². The lowest BCUT2D eigenvalue weighted by Crippen LogP contribution is -2.62. The fourth-order valence-corrected chi connectivity index (χ4v) is 13.5. The van der Waals surface area contributed by atoms with Crippen LogP contribution < -0.4 is 5.32 Å². The Hall–Kier alpha value is -0.726. The van der Waals surface area contributed by atoms with Gasteiger partial charge in [0.05, 0.1) is 0 Å². The highest BCUT2D eigenvalue weighted by atomic mass is 32.1. The molecule has 0 bridgehead atoms. The Balaban J connectivity index is 2.97. The number of benzene rings is 1. The minimum atomic E-state index is -1.55. The highest BCUT2D eigenvalue weighted by Crippen LogP contribution is 2.22. The van der Waals surface area contributed by atoms with Crippen molar-refractivity contribution in [2.45, 2.75) is 39.3 Å². The van der Waals surface area contributed by atoms with Gasteiger partial charge in [0.25, 0.3) is 0 Å². The molecule has 6 heteroatoms. The highest BCUT2D eigenvalue weighted by molar-refractivity contribution is 7.80. The molecule has 19 heavy (non-hydrogen) atoms. The minimum Gasteiger partial charge on any atom is -0.402 e. The van der Waals surface area contributed by atoms with Gasteiger partial charge in [-0.3, -0.25) is 0 Å². The van der Waals surface area contributed by atoms with Crippen LogP contribution in [0.4, 0.5) is 10.1 Å². The largest absolute Gasteiger partial charge is 0.402 e. The van der Waals surface area contributed by atoms with Gasteiger partial charge in [0.2, 0.25) is 0 Å². The number of anilines is 1. The molecule has 0 unspecified atom stereocenters. The van der Waals surface area contributed by atoms with Gasteiger partial charge in [0.15, 0.2) is 5.11 Å². The third-order valence-electron chi connectivity index (χ3n) is 2.62. The van der Waals surface area contributed by atoms with Gasteiger partial charge in [0.1, 0.15) is 22.3 Å². The van der Waals surface area contributed by atoms with Crippen LogP contribution in [0.25, 0.3) is 0 Å². The molecular weight excluding hydrogens is 291 g/mol. The second-order valence-electron chi connectivity index (χ2n) is 6.62. The van der Waals surface area contributed by atoms with Crippen LogP contribution in [0, 0.1) is 5.82 Å². The average molecular weight is 315 g/mol. The van der Waals surface area contributed by atoms with E-state index in [-0.39, 0.29) is 5.82 Å². The fraction of sp³-hybridized carbons (Fsp3) is 0.462. The number of thiocarbonyl (C=S) groups is 1. The first-order valence-corrected chi connectivity index (χ1v) is 13.7. The minimum absolute atomic E-state index is 0.250. The van der Waals surface area contributed by atoms with E-state index in [1.54, 1.807) is 6.07 Å². The Kier molecular flexibility index (Phi) is 4.92. The molecule has 1 rings (SSSR count). The molecule has 1 aromatic carbocycles. The van der Waals surface area contributed by atoms with E-state index in [9.17, 15) is 4.39 Å². The maximum Gasteiger partial charge on any atom is 0.157 e. The SMILES string of the molecule is C[Si](C)(C)N(C(=S)Nc1cccc(F)c1)[Si](C)(C)C. The number of halogens is 1. The maximum atomic E-state index is 13.2. The summed E-state index contributed by atoms with van der Waals surface area (Å²) < 4.78 is 15.6. The molecular formula is C13H23FN2SSi2. The molecule has 0 aliphatic rings. The van der Waals surface area contributed by atoms with Crippen LogP contribution in [0.3, 0.4) is 0 Å². The molecule has 0 aromatic heterocycles. The predicted octanol–water partition coefficient (Wildman–Crippen LogP) is 4.49. The summed E-state index contributed by atoms with van der Waals surface area (Å²) in [6.45, 7) is 13.7. The lowest BCUT2D eigenvalue weighted by Gasteiger charge is -2.45. The van der Waals surface area contributed by atoms with Crippen molar-refractivity contribution in [1.29, 1.82) is 0 Å². The lowest BCUT2D eigenvalue weighted by atomic mass is 10.3. The molecule has 106 valence electrons. The van der Waals surface area contributed by atoms with Crippen LogP contribution >= 0.6 is 12.2 Å². The Bertz CT molecular complexity index is 452. The third kappa shape index (κ3) is 4.70. The van der Waals surface area contributed by atoms with Crippen molar-refractivity contribution in [3.63, 3.8) is 0 Å². The second kappa shape index (κ2) is 5.72. The topological polar surface area (TPSA) is 15.3 Å². The van der Waals surface area contributed by atoms with Gasteiger partial charge in [-0.2, -0.15) is 0 Å². The van der Waals surface area contributed by atoms with Crippen molar-refractivity contribution in [2.75, 3.05) is 5.32 Å². The normalized spacial score (nSPS) is 12.2. The van der Waals surface area contributed by atoms with Gasteiger partial charge in [-0.05, 0) is 30.4 Å². The molecule has 0 saturated carbocycles. The third-order valence-corrected chi connectivity index (χ3v) is 10.4. The molecule has 0 atom stereocenters. The Labute approximate surface area is 123 Å². The van der Waals surface area contributed by atoms with E-state index in [2.05, 4.69) is 48.8 Å². The number of nitrogens with zero attached hydrogens (tertiary/aromatic N) is 1. The van der Waals surface area contributed by atoms with Gasteiger partial charge in [-0.15, -0.1) is 0 Å². The van der Waals surface area contributed by atoms with E-state index < -0.39 is 16.5 Å². The predicted molar refractivity (Wildman–Crippen MR) is 91.2 cm³/mol. The number of hydrogen-bond acceptors (Lipinski definition) is 1. The van der Waals surface area contributed by atoms with Gasteiger partial charge in [0, 0.05) is 5.69 Å². The molecule has 0 heterocycles. The monoisotopic (exact) mass is 314 g/mol. The highest BCUT2D eigenvalue weighted by Gasteiger charge is 2.36. The van der Waals surface area contributed by atoms with E-state index in [1.165, 1.54) is 12.1 Å². The van der Waals surface area contributed by atoms with Crippen LogP contribution in [0.15, 0.2) is 24.3 Å². The fourth-order valence-electron chi connectivity index (χ4n) is 2.36. The molecule has 2 nitrogen and oxygen atoms in total. The zero-order valence-corrected chi connectivity index (χ0v) is 15.4. The second-order valence-corrected chi connectivity index (χ2v) is 17.0. The molecule has 0 radical (unpaired) electrons. The quantitative estimate of drug-likeness (QED) is 0.653. The van der Waals surface area contributed by atoms with Crippen molar-refractivity contribution in [3.05, 3.63) is 30.1 Å². The molecule has 0 amide bonds. The molecule has 0 fully saturated rings. The summed E-state index contributed by atoms with van der Waals surface area (Å²) in [6.07, 6.45) is 0. The number of rotatable bonds is 3. The van der Waals surface area contributed by atoms with Crippen LogP contribution in [0.1, 0.15) is 0 Å². The van der Waals surface area contributed by atoms with Crippen LogP contribution in [0.5, 0.6) is 0 Å². The van der Waals surface area contributed by atoms with E-state index >= 15 is 0 Å². The zero-order valence-electron chi connectivity index (χ0n) is 12.5. The molecule has 1 N–H and O–H groups in total. The Morgan fingerprint density at radius 1 is 1.11 bits per heavy atom. The van der Waals surface area contributed by atoms with Gasteiger partial charge < -0.3 is 9.55 Å². The van der Waals surface area contributed by atoms with Crippen molar-refractivity contribution >= 4 is 39.5 Å². The summed E-state index contributed by atoms with van der Waals surface area (Å²) in [6, 6.07) is 6.43. The van der Waals surface area contributed by atoms with Gasteiger partial charge >= 0.3 is 0 Å². The Morgan fingerprint density at radius 3 is 2.05 bits per heavy atom. The average Bonchev–Trinajstić information content (AvgIpc) is 2.11. The first-order valence-electron chi connectivity index (χ1n) is 6.39. The first-order chi connectivity index (χ1) is 8.51. The van der Waals surface area contributed by atoms with Crippen molar-refractivity contribution < 1.29 is 4.39 Å². The van der Waals surface area contributed by atoms with Crippen LogP contribution in [-0.4, -0.2) is 25.8 Å². The molecule has 0 aliphatic carbocycles. The van der Waals surface area contributed by atoms with Crippen LogP contribution in [0.2, 0.25) is 39.3 Å². The summed E-state index contributed by atoms with van der Waals surface area (Å²) in [5.41, 5.74) is 0.714. The molecule has 0 saturated heterocycles. The summed E-state index contributed by atoms with van der Waals surface area (Å²) >= 11 is 5.56. The van der Waals surface area contributed by atoms with E-state index in [0.29, 0.717) is 5.69 Å². The Morgan fingerprint density at radius 2 is 1.63 bits per heavy atom. The first kappa shape index (κ1) is 16.3. The standard InChI is InChI=1S/C13H23FN2SSi2/c1-18(2,3)16(19(4,5)6)13(17)15-12-9-7-8-11(14)10-12/h7-10H,1-6H3,(H,15,17).